The number of rotatable bonds is 1. The lowest BCUT2D eigenvalue weighted by Crippen LogP contribution is -2.49. The average molecular weight is 353 g/mol. The van der Waals surface area contributed by atoms with Gasteiger partial charge in [0.15, 0.2) is 0 Å². The number of imide groups is 1. The zero-order valence-electron chi connectivity index (χ0n) is 11.0. The second-order valence-electron chi connectivity index (χ2n) is 5.20. The molecule has 1 unspecified atom stereocenters. The molecule has 2 aliphatic rings. The number of carbonyl (C=O) groups excluding carboxylic acids is 3. The Morgan fingerprint density at radius 3 is 2.76 bits per heavy atom. The van der Waals surface area contributed by atoms with Gasteiger partial charge < -0.3 is 16.0 Å². The third kappa shape index (κ3) is 2.25. The standard InChI is InChI=1S/C13H13BrN4O3/c14-8-2-1-7(5-9(8)15)10(19)18-4-3-13(6-18)11(20)16-12(21)17-13/h1-2,5H,3-4,6,15H2,(H2,16,17,20,21). The van der Waals surface area contributed by atoms with Gasteiger partial charge in [-0.05, 0) is 40.5 Å². The number of anilines is 1. The number of nitrogens with two attached hydrogens (primary N) is 1. The number of carbonyl (C=O) groups is 3. The highest BCUT2D eigenvalue weighted by Crippen LogP contribution is 2.27. The van der Waals surface area contributed by atoms with Gasteiger partial charge in [-0.25, -0.2) is 4.79 Å². The van der Waals surface area contributed by atoms with Crippen LogP contribution in [0.15, 0.2) is 22.7 Å². The van der Waals surface area contributed by atoms with Gasteiger partial charge >= 0.3 is 6.03 Å². The third-order valence-corrected chi connectivity index (χ3v) is 4.54. The molecule has 2 fully saturated rings. The first-order valence-electron chi connectivity index (χ1n) is 6.39. The van der Waals surface area contributed by atoms with Crippen LogP contribution in [-0.4, -0.2) is 41.4 Å². The van der Waals surface area contributed by atoms with Crippen LogP contribution in [0.25, 0.3) is 0 Å². The Kier molecular flexibility index (Phi) is 3.12. The van der Waals surface area contributed by atoms with Crippen molar-refractivity contribution in [3.63, 3.8) is 0 Å². The lowest BCUT2D eigenvalue weighted by Gasteiger charge is -2.21. The number of halogens is 1. The number of likely N-dealkylation sites (tertiary alicyclic amines) is 1. The Bertz CT molecular complexity index is 663. The molecule has 2 heterocycles. The van der Waals surface area contributed by atoms with Crippen LogP contribution in [-0.2, 0) is 4.79 Å². The molecule has 3 rings (SSSR count). The first-order chi connectivity index (χ1) is 9.91. The average Bonchev–Trinajstić information content (AvgIpc) is 2.97. The van der Waals surface area contributed by atoms with E-state index in [0.717, 1.165) is 4.47 Å². The van der Waals surface area contributed by atoms with Crippen molar-refractivity contribution in [2.45, 2.75) is 12.0 Å². The van der Waals surface area contributed by atoms with Crippen molar-refractivity contribution in [3.05, 3.63) is 28.2 Å². The van der Waals surface area contributed by atoms with Crippen molar-refractivity contribution in [2.75, 3.05) is 18.8 Å². The van der Waals surface area contributed by atoms with Gasteiger partial charge in [0, 0.05) is 22.3 Å². The van der Waals surface area contributed by atoms with E-state index in [1.165, 1.54) is 0 Å². The van der Waals surface area contributed by atoms with Crippen LogP contribution in [0.3, 0.4) is 0 Å². The summed E-state index contributed by atoms with van der Waals surface area (Å²) in [6.45, 7) is 0.571. The second kappa shape index (κ2) is 4.73. The molecule has 0 aliphatic carbocycles. The molecule has 110 valence electrons. The molecule has 4 N–H and O–H groups in total. The van der Waals surface area contributed by atoms with Gasteiger partial charge in [-0.15, -0.1) is 0 Å². The predicted octanol–water partition coefficient (Wildman–Crippen LogP) is 0.455. The van der Waals surface area contributed by atoms with Crippen LogP contribution in [0.2, 0.25) is 0 Å². The Hall–Kier alpha value is -2.09. The summed E-state index contributed by atoms with van der Waals surface area (Å²) in [4.78, 5) is 37.1. The SMILES string of the molecule is Nc1cc(C(=O)N2CCC3(C2)NC(=O)NC3=O)ccc1Br. The van der Waals surface area contributed by atoms with Crippen LogP contribution < -0.4 is 16.4 Å². The summed E-state index contributed by atoms with van der Waals surface area (Å²) >= 11 is 3.27. The monoisotopic (exact) mass is 352 g/mol. The number of nitrogen functional groups attached to an aromatic ring is 1. The molecule has 1 aromatic rings. The van der Waals surface area contributed by atoms with Gasteiger partial charge in [-0.3, -0.25) is 14.9 Å². The summed E-state index contributed by atoms with van der Waals surface area (Å²) in [5, 5.41) is 4.82. The van der Waals surface area contributed by atoms with E-state index in [0.29, 0.717) is 24.2 Å². The molecular formula is C13H13BrN4O3. The molecule has 0 bridgehead atoms. The second-order valence-corrected chi connectivity index (χ2v) is 6.06. The van der Waals surface area contributed by atoms with E-state index in [2.05, 4.69) is 26.6 Å². The number of benzene rings is 1. The van der Waals surface area contributed by atoms with Crippen LogP contribution in [0.5, 0.6) is 0 Å². The smallest absolute Gasteiger partial charge is 0.322 e. The number of amides is 4. The molecule has 21 heavy (non-hydrogen) atoms. The van der Waals surface area contributed by atoms with E-state index < -0.39 is 11.6 Å². The van der Waals surface area contributed by atoms with Crippen molar-refractivity contribution >= 4 is 39.5 Å². The molecule has 0 aromatic heterocycles. The summed E-state index contributed by atoms with van der Waals surface area (Å²) in [5.74, 6) is -0.585. The maximum absolute atomic E-state index is 12.4. The zero-order valence-corrected chi connectivity index (χ0v) is 12.6. The molecule has 0 saturated carbocycles. The number of nitrogens with one attached hydrogen (secondary N) is 2. The Labute approximate surface area is 129 Å². The van der Waals surface area contributed by atoms with Crippen LogP contribution in [0, 0.1) is 0 Å². The number of hydrogen-bond donors (Lipinski definition) is 3. The van der Waals surface area contributed by atoms with Crippen LogP contribution in [0.1, 0.15) is 16.8 Å². The summed E-state index contributed by atoms with van der Waals surface area (Å²) in [6.07, 6.45) is 0.405. The topological polar surface area (TPSA) is 105 Å². The summed E-state index contributed by atoms with van der Waals surface area (Å²) in [5.41, 5.74) is 5.71. The number of nitrogens with zero attached hydrogens (tertiary/aromatic N) is 1. The Balaban J connectivity index is 1.80. The lowest BCUT2D eigenvalue weighted by atomic mass is 9.99. The maximum atomic E-state index is 12.4. The molecule has 8 heteroatoms. The molecule has 1 atom stereocenters. The molecule has 2 aliphatic heterocycles. The van der Waals surface area contributed by atoms with Gasteiger partial charge in [-0.2, -0.15) is 0 Å². The molecule has 1 aromatic carbocycles. The van der Waals surface area contributed by atoms with E-state index in [1.807, 2.05) is 0 Å². The van der Waals surface area contributed by atoms with Crippen molar-refractivity contribution in [2.24, 2.45) is 0 Å². The fourth-order valence-electron chi connectivity index (χ4n) is 2.66. The fraction of sp³-hybridized carbons (Fsp3) is 0.308. The molecule has 4 amide bonds. The van der Waals surface area contributed by atoms with Gasteiger partial charge in [0.2, 0.25) is 0 Å². The van der Waals surface area contributed by atoms with Gasteiger partial charge in [0.1, 0.15) is 5.54 Å². The van der Waals surface area contributed by atoms with E-state index in [4.69, 9.17) is 5.73 Å². The first-order valence-corrected chi connectivity index (χ1v) is 7.18. The van der Waals surface area contributed by atoms with Crippen LogP contribution >= 0.6 is 15.9 Å². The quantitative estimate of drug-likeness (QED) is 0.504. The van der Waals surface area contributed by atoms with E-state index in [1.54, 1.807) is 23.1 Å². The van der Waals surface area contributed by atoms with E-state index in [-0.39, 0.29) is 18.4 Å². The zero-order chi connectivity index (χ0) is 15.2. The summed E-state index contributed by atoms with van der Waals surface area (Å²) in [6, 6.07) is 4.45. The molecule has 1 spiro atoms. The maximum Gasteiger partial charge on any atom is 0.322 e. The predicted molar refractivity (Wildman–Crippen MR) is 78.5 cm³/mol. The van der Waals surface area contributed by atoms with Crippen molar-refractivity contribution < 1.29 is 14.4 Å². The van der Waals surface area contributed by atoms with Gasteiger partial charge in [-0.1, -0.05) is 0 Å². The minimum Gasteiger partial charge on any atom is -0.398 e. The Morgan fingerprint density at radius 2 is 2.14 bits per heavy atom. The normalized spacial score (nSPS) is 24.3. The minimum absolute atomic E-state index is 0.166. The lowest BCUT2D eigenvalue weighted by molar-refractivity contribution is -0.123. The number of hydrogen-bond acceptors (Lipinski definition) is 4. The largest absolute Gasteiger partial charge is 0.398 e. The molecule has 2 saturated heterocycles. The van der Waals surface area contributed by atoms with Gasteiger partial charge in [0.25, 0.3) is 11.8 Å². The summed E-state index contributed by atoms with van der Waals surface area (Å²) < 4.78 is 0.722. The minimum atomic E-state index is -0.992. The van der Waals surface area contributed by atoms with Crippen LogP contribution in [0.4, 0.5) is 10.5 Å². The Morgan fingerprint density at radius 1 is 1.38 bits per heavy atom. The highest BCUT2D eigenvalue weighted by Gasteiger charge is 2.51. The first kappa shape index (κ1) is 13.9. The van der Waals surface area contributed by atoms with Crippen molar-refractivity contribution in [3.8, 4) is 0 Å². The summed E-state index contributed by atoms with van der Waals surface area (Å²) in [7, 11) is 0. The van der Waals surface area contributed by atoms with Crippen molar-refractivity contribution in [1.29, 1.82) is 0 Å². The van der Waals surface area contributed by atoms with Gasteiger partial charge in [0.05, 0.1) is 6.54 Å². The van der Waals surface area contributed by atoms with Crippen molar-refractivity contribution in [1.82, 2.24) is 15.5 Å². The fourth-order valence-corrected chi connectivity index (χ4v) is 2.90. The highest BCUT2D eigenvalue weighted by molar-refractivity contribution is 9.10. The molecular weight excluding hydrogens is 340 g/mol. The third-order valence-electron chi connectivity index (χ3n) is 3.81. The van der Waals surface area contributed by atoms with E-state index >= 15 is 0 Å². The molecule has 7 nitrogen and oxygen atoms in total. The van der Waals surface area contributed by atoms with E-state index in [9.17, 15) is 14.4 Å². The molecule has 0 radical (unpaired) electrons. The number of urea groups is 1. The highest BCUT2D eigenvalue weighted by atomic mass is 79.9.